The fourth-order valence-corrected chi connectivity index (χ4v) is 2.23. The average molecular weight is 315 g/mol. The largest absolute Gasteiger partial charge is 0.493 e. The van der Waals surface area contributed by atoms with Gasteiger partial charge in [0.15, 0.2) is 11.5 Å². The van der Waals surface area contributed by atoms with E-state index in [1.807, 2.05) is 0 Å². The van der Waals surface area contributed by atoms with Gasteiger partial charge in [0, 0.05) is 5.56 Å². The summed E-state index contributed by atoms with van der Waals surface area (Å²) in [5.74, 6) is 1.25. The van der Waals surface area contributed by atoms with Crippen LogP contribution in [-0.2, 0) is 0 Å². The third-order valence-corrected chi connectivity index (χ3v) is 3.22. The Morgan fingerprint density at radius 2 is 2.06 bits per heavy atom. The second-order valence-corrected chi connectivity index (χ2v) is 4.92. The zero-order valence-electron chi connectivity index (χ0n) is 10.9. The number of benzene rings is 1. The molecule has 0 unspecified atom stereocenters. The number of aldehydes is 1. The van der Waals surface area contributed by atoms with Crippen LogP contribution in [0.25, 0.3) is 0 Å². The number of rotatable bonds is 8. The fourth-order valence-electron chi connectivity index (χ4n) is 1.65. The number of carbonyl (C=O) groups is 1. The molecule has 100 valence electrons. The van der Waals surface area contributed by atoms with E-state index in [-0.39, 0.29) is 0 Å². The first-order chi connectivity index (χ1) is 8.72. The summed E-state index contributed by atoms with van der Waals surface area (Å²) in [5.41, 5.74) is 0.567. The van der Waals surface area contributed by atoms with Crippen LogP contribution in [0.1, 0.15) is 43.0 Å². The first-order valence-corrected chi connectivity index (χ1v) is 6.97. The van der Waals surface area contributed by atoms with Crippen LogP contribution in [-0.4, -0.2) is 20.0 Å². The standard InChI is InChI=1S/C14H19BrO3/c1-3-4-5-6-7-18-14-12(15)8-11(10-16)9-13(14)17-2/h8-10H,3-7H2,1-2H3. The molecule has 0 aliphatic carbocycles. The Morgan fingerprint density at radius 3 is 2.67 bits per heavy atom. The van der Waals surface area contributed by atoms with Crippen LogP contribution in [0.4, 0.5) is 0 Å². The summed E-state index contributed by atoms with van der Waals surface area (Å²) < 4.78 is 11.7. The quantitative estimate of drug-likeness (QED) is 0.532. The number of unbranched alkanes of at least 4 members (excludes halogenated alkanes) is 3. The van der Waals surface area contributed by atoms with E-state index in [1.54, 1.807) is 19.2 Å². The topological polar surface area (TPSA) is 35.5 Å². The molecule has 1 rings (SSSR count). The summed E-state index contributed by atoms with van der Waals surface area (Å²) in [7, 11) is 1.57. The van der Waals surface area contributed by atoms with Crippen molar-refractivity contribution in [2.75, 3.05) is 13.7 Å². The number of carbonyl (C=O) groups excluding carboxylic acids is 1. The SMILES string of the molecule is CCCCCCOc1c(Br)cc(C=O)cc1OC. The molecular weight excluding hydrogens is 296 g/mol. The fraction of sp³-hybridized carbons (Fsp3) is 0.500. The van der Waals surface area contributed by atoms with E-state index in [9.17, 15) is 4.79 Å². The maximum absolute atomic E-state index is 10.8. The average Bonchev–Trinajstić information content (AvgIpc) is 2.39. The number of hydrogen-bond acceptors (Lipinski definition) is 3. The van der Waals surface area contributed by atoms with Gasteiger partial charge in [-0.2, -0.15) is 0 Å². The molecule has 0 heterocycles. The minimum absolute atomic E-state index is 0.567. The lowest BCUT2D eigenvalue weighted by molar-refractivity contribution is 0.112. The van der Waals surface area contributed by atoms with E-state index in [0.29, 0.717) is 23.7 Å². The molecule has 0 atom stereocenters. The highest BCUT2D eigenvalue weighted by molar-refractivity contribution is 9.10. The zero-order valence-corrected chi connectivity index (χ0v) is 12.5. The molecular formula is C14H19BrO3. The van der Waals surface area contributed by atoms with Gasteiger partial charge in [-0.3, -0.25) is 4.79 Å². The van der Waals surface area contributed by atoms with E-state index in [1.165, 1.54) is 19.3 Å². The molecule has 0 N–H and O–H groups in total. The van der Waals surface area contributed by atoms with Crippen LogP contribution in [0.3, 0.4) is 0 Å². The summed E-state index contributed by atoms with van der Waals surface area (Å²) in [6, 6.07) is 3.41. The van der Waals surface area contributed by atoms with Gasteiger partial charge in [0.25, 0.3) is 0 Å². The van der Waals surface area contributed by atoms with Crippen molar-refractivity contribution in [2.45, 2.75) is 32.6 Å². The van der Waals surface area contributed by atoms with Gasteiger partial charge < -0.3 is 9.47 Å². The summed E-state index contributed by atoms with van der Waals surface area (Å²) in [5, 5.41) is 0. The molecule has 0 saturated heterocycles. The van der Waals surface area contributed by atoms with Crippen molar-refractivity contribution in [1.29, 1.82) is 0 Å². The van der Waals surface area contributed by atoms with Gasteiger partial charge in [-0.15, -0.1) is 0 Å². The van der Waals surface area contributed by atoms with E-state index < -0.39 is 0 Å². The molecule has 0 fully saturated rings. The molecule has 0 bridgehead atoms. The highest BCUT2D eigenvalue weighted by atomic mass is 79.9. The van der Waals surface area contributed by atoms with Gasteiger partial charge in [0.2, 0.25) is 0 Å². The molecule has 3 nitrogen and oxygen atoms in total. The van der Waals surface area contributed by atoms with Crippen molar-refractivity contribution >= 4 is 22.2 Å². The van der Waals surface area contributed by atoms with Crippen molar-refractivity contribution in [1.82, 2.24) is 0 Å². The third-order valence-electron chi connectivity index (χ3n) is 2.63. The smallest absolute Gasteiger partial charge is 0.175 e. The maximum atomic E-state index is 10.8. The van der Waals surface area contributed by atoms with Crippen molar-refractivity contribution in [3.05, 3.63) is 22.2 Å². The maximum Gasteiger partial charge on any atom is 0.175 e. The van der Waals surface area contributed by atoms with Crippen LogP contribution in [0.5, 0.6) is 11.5 Å². The first kappa shape index (κ1) is 15.0. The van der Waals surface area contributed by atoms with E-state index in [4.69, 9.17) is 9.47 Å². The van der Waals surface area contributed by atoms with E-state index in [2.05, 4.69) is 22.9 Å². The lowest BCUT2D eigenvalue weighted by Crippen LogP contribution is -2.01. The Morgan fingerprint density at radius 1 is 1.28 bits per heavy atom. The van der Waals surface area contributed by atoms with E-state index in [0.717, 1.165) is 17.2 Å². The molecule has 1 aromatic rings. The summed E-state index contributed by atoms with van der Waals surface area (Å²) in [4.78, 5) is 10.8. The Hall–Kier alpha value is -1.03. The van der Waals surface area contributed by atoms with Gasteiger partial charge in [-0.05, 0) is 34.5 Å². The van der Waals surface area contributed by atoms with Gasteiger partial charge >= 0.3 is 0 Å². The Bertz CT molecular complexity index is 391. The molecule has 0 radical (unpaired) electrons. The van der Waals surface area contributed by atoms with Crippen LogP contribution in [0.2, 0.25) is 0 Å². The monoisotopic (exact) mass is 314 g/mol. The van der Waals surface area contributed by atoms with Crippen molar-refractivity contribution in [2.24, 2.45) is 0 Å². The first-order valence-electron chi connectivity index (χ1n) is 6.18. The van der Waals surface area contributed by atoms with Gasteiger partial charge in [0.05, 0.1) is 18.2 Å². The minimum Gasteiger partial charge on any atom is -0.493 e. The number of hydrogen-bond donors (Lipinski definition) is 0. The zero-order chi connectivity index (χ0) is 13.4. The molecule has 0 aromatic heterocycles. The number of halogens is 1. The van der Waals surface area contributed by atoms with Gasteiger partial charge in [0.1, 0.15) is 6.29 Å². The Labute approximate surface area is 117 Å². The third kappa shape index (κ3) is 4.33. The molecule has 0 aliphatic rings. The molecule has 4 heteroatoms. The lowest BCUT2D eigenvalue weighted by atomic mass is 10.2. The van der Waals surface area contributed by atoms with Crippen molar-refractivity contribution in [3.63, 3.8) is 0 Å². The highest BCUT2D eigenvalue weighted by Crippen LogP contribution is 2.36. The lowest BCUT2D eigenvalue weighted by Gasteiger charge is -2.13. The van der Waals surface area contributed by atoms with Gasteiger partial charge in [-0.25, -0.2) is 0 Å². The number of methoxy groups -OCH3 is 1. The van der Waals surface area contributed by atoms with Crippen LogP contribution < -0.4 is 9.47 Å². The summed E-state index contributed by atoms with van der Waals surface area (Å²) in [6.45, 7) is 2.84. The molecule has 18 heavy (non-hydrogen) atoms. The molecule has 1 aromatic carbocycles. The molecule has 0 spiro atoms. The predicted octanol–water partition coefficient (Wildman–Crippen LogP) is 4.23. The minimum atomic E-state index is 0.567. The summed E-state index contributed by atoms with van der Waals surface area (Å²) in [6.07, 6.45) is 5.42. The van der Waals surface area contributed by atoms with Crippen molar-refractivity contribution < 1.29 is 14.3 Å². The van der Waals surface area contributed by atoms with Crippen molar-refractivity contribution in [3.8, 4) is 11.5 Å². The van der Waals surface area contributed by atoms with Gasteiger partial charge in [-0.1, -0.05) is 26.2 Å². The predicted molar refractivity (Wildman–Crippen MR) is 75.7 cm³/mol. The molecule has 0 aliphatic heterocycles. The number of ether oxygens (including phenoxy) is 2. The van der Waals surface area contributed by atoms with E-state index >= 15 is 0 Å². The highest BCUT2D eigenvalue weighted by Gasteiger charge is 2.11. The second-order valence-electron chi connectivity index (χ2n) is 4.06. The van der Waals surface area contributed by atoms with Crippen LogP contribution in [0, 0.1) is 0 Å². The van der Waals surface area contributed by atoms with Crippen LogP contribution in [0.15, 0.2) is 16.6 Å². The molecule has 0 amide bonds. The molecule has 0 saturated carbocycles. The Kier molecular flexibility index (Phi) is 6.80. The van der Waals surface area contributed by atoms with Crippen LogP contribution >= 0.6 is 15.9 Å². The normalized spacial score (nSPS) is 10.2. The summed E-state index contributed by atoms with van der Waals surface area (Å²) >= 11 is 3.40. The Balaban J connectivity index is 2.66. The second kappa shape index (κ2) is 8.14.